The topological polar surface area (TPSA) is 23.8 Å². The highest BCUT2D eigenvalue weighted by molar-refractivity contribution is 5.27. The van der Waals surface area contributed by atoms with Crippen LogP contribution in [0.5, 0.6) is 0 Å². The zero-order valence-corrected chi connectivity index (χ0v) is 8.70. The molecule has 0 aliphatic carbocycles. The van der Waals surface area contributed by atoms with Crippen molar-refractivity contribution >= 4 is 0 Å². The summed E-state index contributed by atoms with van der Waals surface area (Å²) in [5.74, 6) is 0.172. The van der Waals surface area contributed by atoms with E-state index in [1.807, 2.05) is 37.3 Å². The molecular weight excluding hydrogens is 170 g/mol. The Labute approximate surface area is 85.7 Å². The molecule has 0 spiro atoms. The average molecular weight is 185 g/mol. The van der Waals surface area contributed by atoms with Crippen molar-refractivity contribution in [3.8, 4) is 6.07 Å². The van der Waals surface area contributed by atoms with E-state index in [9.17, 15) is 0 Å². The molecule has 1 nitrogen and oxygen atoms in total. The lowest BCUT2D eigenvalue weighted by molar-refractivity contribution is 0.467. The lowest BCUT2D eigenvalue weighted by atomic mass is 9.76. The minimum absolute atomic E-state index is 0.172. The Bertz CT molecular complexity index is 347. The van der Waals surface area contributed by atoms with Crippen molar-refractivity contribution < 1.29 is 0 Å². The summed E-state index contributed by atoms with van der Waals surface area (Å²) in [6.45, 7) is 7.70. The van der Waals surface area contributed by atoms with Crippen LogP contribution in [0.25, 0.3) is 0 Å². The van der Waals surface area contributed by atoms with E-state index in [1.54, 1.807) is 6.08 Å². The molecule has 0 saturated heterocycles. The fraction of sp³-hybridized carbons (Fsp3) is 0.308. The molecule has 0 unspecified atom stereocenters. The van der Waals surface area contributed by atoms with Crippen LogP contribution in [0, 0.1) is 16.7 Å². The van der Waals surface area contributed by atoms with Crippen molar-refractivity contribution in [1.82, 2.24) is 0 Å². The second-order valence-electron chi connectivity index (χ2n) is 3.73. The van der Waals surface area contributed by atoms with Crippen LogP contribution in [-0.2, 0) is 0 Å². The van der Waals surface area contributed by atoms with Crippen molar-refractivity contribution in [3.05, 3.63) is 48.6 Å². The largest absolute Gasteiger partial charge is 0.197 e. The van der Waals surface area contributed by atoms with E-state index in [0.717, 1.165) is 0 Å². The van der Waals surface area contributed by atoms with Gasteiger partial charge in [0.25, 0.3) is 0 Å². The quantitative estimate of drug-likeness (QED) is 0.661. The van der Waals surface area contributed by atoms with Gasteiger partial charge in [0.1, 0.15) is 0 Å². The van der Waals surface area contributed by atoms with Gasteiger partial charge in [-0.2, -0.15) is 5.26 Å². The molecule has 1 rings (SSSR count). The summed E-state index contributed by atoms with van der Waals surface area (Å²) in [4.78, 5) is 0. The second kappa shape index (κ2) is 4.11. The predicted octanol–water partition coefficient (Wildman–Crippen LogP) is 3.51. The van der Waals surface area contributed by atoms with Gasteiger partial charge < -0.3 is 0 Å². The molecule has 2 atom stereocenters. The molecule has 0 aliphatic rings. The SMILES string of the molecule is C=C[C@](C)(C#N)[C@H](C)c1ccccc1. The third-order valence-corrected chi connectivity index (χ3v) is 2.86. The molecular formula is C13H15N. The van der Waals surface area contributed by atoms with Gasteiger partial charge in [-0.05, 0) is 12.5 Å². The Kier molecular flexibility index (Phi) is 3.09. The summed E-state index contributed by atoms with van der Waals surface area (Å²) < 4.78 is 0. The third kappa shape index (κ3) is 1.85. The monoisotopic (exact) mass is 185 g/mol. The van der Waals surface area contributed by atoms with Gasteiger partial charge in [0, 0.05) is 5.92 Å². The molecule has 72 valence electrons. The summed E-state index contributed by atoms with van der Waals surface area (Å²) in [6.07, 6.45) is 1.73. The molecule has 0 aromatic heterocycles. The average Bonchev–Trinajstić information content (AvgIpc) is 2.28. The van der Waals surface area contributed by atoms with Crippen molar-refractivity contribution in [1.29, 1.82) is 5.26 Å². The Morgan fingerprint density at radius 2 is 2.00 bits per heavy atom. The Balaban J connectivity index is 3.02. The highest BCUT2D eigenvalue weighted by Gasteiger charge is 2.28. The van der Waals surface area contributed by atoms with Crippen LogP contribution in [-0.4, -0.2) is 0 Å². The number of nitrogens with zero attached hydrogens (tertiary/aromatic N) is 1. The fourth-order valence-electron chi connectivity index (χ4n) is 1.41. The molecule has 0 aliphatic heterocycles. The third-order valence-electron chi connectivity index (χ3n) is 2.86. The Hall–Kier alpha value is -1.55. The minimum atomic E-state index is -0.485. The van der Waals surface area contributed by atoms with Crippen molar-refractivity contribution in [2.24, 2.45) is 5.41 Å². The van der Waals surface area contributed by atoms with E-state index in [2.05, 4.69) is 19.6 Å². The maximum atomic E-state index is 9.10. The van der Waals surface area contributed by atoms with Gasteiger partial charge >= 0.3 is 0 Å². The van der Waals surface area contributed by atoms with E-state index in [0.29, 0.717) is 0 Å². The number of hydrogen-bond acceptors (Lipinski definition) is 1. The number of allylic oxidation sites excluding steroid dienone is 1. The van der Waals surface area contributed by atoms with E-state index < -0.39 is 5.41 Å². The van der Waals surface area contributed by atoms with Crippen molar-refractivity contribution in [3.63, 3.8) is 0 Å². The summed E-state index contributed by atoms with van der Waals surface area (Å²) in [7, 11) is 0. The molecule has 0 radical (unpaired) electrons. The molecule has 0 N–H and O–H groups in total. The van der Waals surface area contributed by atoms with Crippen molar-refractivity contribution in [2.75, 3.05) is 0 Å². The molecule has 1 heteroatoms. The first-order chi connectivity index (χ1) is 6.64. The number of benzene rings is 1. The maximum absolute atomic E-state index is 9.10. The molecule has 0 bridgehead atoms. The normalized spacial score (nSPS) is 16.4. The van der Waals surface area contributed by atoms with E-state index >= 15 is 0 Å². The molecule has 14 heavy (non-hydrogen) atoms. The van der Waals surface area contributed by atoms with Crippen molar-refractivity contribution in [2.45, 2.75) is 19.8 Å². The van der Waals surface area contributed by atoms with Crippen LogP contribution < -0.4 is 0 Å². The van der Waals surface area contributed by atoms with E-state index in [4.69, 9.17) is 5.26 Å². The predicted molar refractivity (Wildman–Crippen MR) is 58.8 cm³/mol. The van der Waals surface area contributed by atoms with E-state index in [-0.39, 0.29) is 5.92 Å². The van der Waals surface area contributed by atoms with E-state index in [1.165, 1.54) is 5.56 Å². The first kappa shape index (κ1) is 10.5. The maximum Gasteiger partial charge on any atom is 0.0788 e. The Morgan fingerprint density at radius 1 is 1.43 bits per heavy atom. The first-order valence-electron chi connectivity index (χ1n) is 4.74. The van der Waals surface area contributed by atoms with Crippen LogP contribution in [0.2, 0.25) is 0 Å². The number of rotatable bonds is 3. The van der Waals surface area contributed by atoms with Gasteiger partial charge in [-0.1, -0.05) is 43.3 Å². The lowest BCUT2D eigenvalue weighted by Gasteiger charge is -2.25. The number of hydrogen-bond donors (Lipinski definition) is 0. The lowest BCUT2D eigenvalue weighted by Crippen LogP contribution is -2.18. The zero-order chi connectivity index (χ0) is 10.6. The highest BCUT2D eigenvalue weighted by atomic mass is 14.4. The molecule has 1 aromatic rings. The van der Waals surface area contributed by atoms with Gasteiger partial charge in [-0.25, -0.2) is 0 Å². The summed E-state index contributed by atoms with van der Waals surface area (Å²) in [5.41, 5.74) is 0.693. The van der Waals surface area contributed by atoms with Crippen LogP contribution in [0.15, 0.2) is 43.0 Å². The standard InChI is InChI=1S/C13H15N/c1-4-13(3,10-14)11(2)12-8-6-5-7-9-12/h4-9,11H,1H2,2-3H3/t11-,13-/m1/s1. The highest BCUT2D eigenvalue weighted by Crippen LogP contribution is 2.35. The van der Waals surface area contributed by atoms with Crippen LogP contribution in [0.1, 0.15) is 25.3 Å². The van der Waals surface area contributed by atoms with Crippen LogP contribution >= 0.6 is 0 Å². The van der Waals surface area contributed by atoms with Gasteiger partial charge in [0.2, 0.25) is 0 Å². The van der Waals surface area contributed by atoms with Crippen LogP contribution in [0.3, 0.4) is 0 Å². The molecule has 0 saturated carbocycles. The fourth-order valence-corrected chi connectivity index (χ4v) is 1.41. The van der Waals surface area contributed by atoms with Gasteiger partial charge in [0.15, 0.2) is 0 Å². The van der Waals surface area contributed by atoms with Gasteiger partial charge in [0.05, 0.1) is 11.5 Å². The zero-order valence-electron chi connectivity index (χ0n) is 8.70. The Morgan fingerprint density at radius 3 is 2.43 bits per heavy atom. The summed E-state index contributed by atoms with van der Waals surface area (Å²) in [5, 5.41) is 9.10. The molecule has 0 amide bonds. The number of nitriles is 1. The van der Waals surface area contributed by atoms with Gasteiger partial charge in [-0.3, -0.25) is 0 Å². The summed E-state index contributed by atoms with van der Waals surface area (Å²) in [6, 6.07) is 12.4. The first-order valence-corrected chi connectivity index (χ1v) is 4.74. The van der Waals surface area contributed by atoms with Crippen LogP contribution in [0.4, 0.5) is 0 Å². The molecule has 1 aromatic carbocycles. The summed E-state index contributed by atoms with van der Waals surface area (Å²) >= 11 is 0. The molecule has 0 fully saturated rings. The molecule has 0 heterocycles. The van der Waals surface area contributed by atoms with Gasteiger partial charge in [-0.15, -0.1) is 6.58 Å². The second-order valence-corrected chi connectivity index (χ2v) is 3.73. The smallest absolute Gasteiger partial charge is 0.0788 e. The minimum Gasteiger partial charge on any atom is -0.197 e.